The number of aromatic nitrogens is 2. The Labute approximate surface area is 85.4 Å². The van der Waals surface area contributed by atoms with Gasteiger partial charge in [0.25, 0.3) is 0 Å². The zero-order valence-electron chi connectivity index (χ0n) is 7.11. The van der Waals surface area contributed by atoms with Crippen LogP contribution in [-0.2, 0) is 0 Å². The van der Waals surface area contributed by atoms with Gasteiger partial charge >= 0.3 is 0 Å². The summed E-state index contributed by atoms with van der Waals surface area (Å²) in [6, 6.07) is 6.41. The summed E-state index contributed by atoms with van der Waals surface area (Å²) in [5.74, 6) is -0.497. The molecule has 0 aliphatic carbocycles. The van der Waals surface area contributed by atoms with Crippen LogP contribution in [0.3, 0.4) is 0 Å². The summed E-state index contributed by atoms with van der Waals surface area (Å²) < 4.78 is 12.5. The highest BCUT2D eigenvalue weighted by molar-refractivity contribution is 6.30. The first-order valence-electron chi connectivity index (χ1n) is 3.99. The Balaban J connectivity index is 2.40. The number of nitrogens with zero attached hydrogens (tertiary/aromatic N) is 2. The van der Waals surface area contributed by atoms with Gasteiger partial charge in [-0.2, -0.15) is 4.39 Å². The SMILES string of the molecule is Fc1ccc(-c2ccc(Cl)cn2)cn1. The minimum absolute atomic E-state index is 0.497. The number of hydrogen-bond donors (Lipinski definition) is 0. The molecule has 0 saturated heterocycles. The Hall–Kier alpha value is -1.48. The molecular weight excluding hydrogens is 203 g/mol. The van der Waals surface area contributed by atoms with Gasteiger partial charge in [-0.05, 0) is 24.3 Å². The van der Waals surface area contributed by atoms with Crippen LogP contribution in [0.4, 0.5) is 4.39 Å². The van der Waals surface area contributed by atoms with Crippen LogP contribution in [0.25, 0.3) is 11.3 Å². The van der Waals surface area contributed by atoms with Gasteiger partial charge in [-0.3, -0.25) is 4.98 Å². The maximum Gasteiger partial charge on any atom is 0.212 e. The van der Waals surface area contributed by atoms with Crippen molar-refractivity contribution < 1.29 is 4.39 Å². The lowest BCUT2D eigenvalue weighted by molar-refractivity contribution is 0.584. The molecule has 0 bridgehead atoms. The third-order valence-electron chi connectivity index (χ3n) is 1.75. The normalized spacial score (nSPS) is 10.1. The smallest absolute Gasteiger partial charge is 0.212 e. The van der Waals surface area contributed by atoms with Gasteiger partial charge < -0.3 is 0 Å². The van der Waals surface area contributed by atoms with E-state index >= 15 is 0 Å². The lowest BCUT2D eigenvalue weighted by atomic mass is 10.2. The van der Waals surface area contributed by atoms with E-state index in [1.54, 1.807) is 24.4 Å². The van der Waals surface area contributed by atoms with E-state index in [1.165, 1.54) is 12.3 Å². The van der Waals surface area contributed by atoms with Gasteiger partial charge in [-0.15, -0.1) is 0 Å². The highest BCUT2D eigenvalue weighted by Crippen LogP contribution is 2.17. The Morgan fingerprint density at radius 2 is 1.86 bits per heavy atom. The van der Waals surface area contributed by atoms with E-state index in [1.807, 2.05) is 0 Å². The average molecular weight is 209 g/mol. The quantitative estimate of drug-likeness (QED) is 0.674. The first-order chi connectivity index (χ1) is 6.75. The van der Waals surface area contributed by atoms with Gasteiger partial charge in [0.05, 0.1) is 10.7 Å². The van der Waals surface area contributed by atoms with Crippen LogP contribution in [0.1, 0.15) is 0 Å². The van der Waals surface area contributed by atoms with Gasteiger partial charge in [0.2, 0.25) is 5.95 Å². The van der Waals surface area contributed by atoms with Crippen molar-refractivity contribution in [2.45, 2.75) is 0 Å². The fourth-order valence-corrected chi connectivity index (χ4v) is 1.19. The first-order valence-corrected chi connectivity index (χ1v) is 4.37. The fourth-order valence-electron chi connectivity index (χ4n) is 1.07. The molecule has 0 saturated carbocycles. The molecule has 2 rings (SSSR count). The Bertz CT molecular complexity index is 381. The number of pyridine rings is 2. The van der Waals surface area contributed by atoms with Crippen LogP contribution in [0.5, 0.6) is 0 Å². The van der Waals surface area contributed by atoms with Crippen molar-refractivity contribution in [1.82, 2.24) is 9.97 Å². The van der Waals surface area contributed by atoms with Crippen LogP contribution >= 0.6 is 11.6 Å². The minimum atomic E-state index is -0.497. The van der Waals surface area contributed by atoms with E-state index < -0.39 is 5.95 Å². The molecule has 0 spiro atoms. The van der Waals surface area contributed by atoms with Gasteiger partial charge in [-0.25, -0.2) is 4.98 Å². The third-order valence-corrected chi connectivity index (χ3v) is 1.97. The van der Waals surface area contributed by atoms with Crippen molar-refractivity contribution >= 4 is 11.6 Å². The predicted molar refractivity (Wildman–Crippen MR) is 52.4 cm³/mol. The van der Waals surface area contributed by atoms with Crippen LogP contribution in [-0.4, -0.2) is 9.97 Å². The topological polar surface area (TPSA) is 25.8 Å². The predicted octanol–water partition coefficient (Wildman–Crippen LogP) is 2.94. The highest BCUT2D eigenvalue weighted by Gasteiger charge is 1.99. The molecule has 0 atom stereocenters. The summed E-state index contributed by atoms with van der Waals surface area (Å²) in [6.07, 6.45) is 2.98. The molecule has 0 radical (unpaired) electrons. The molecule has 2 heterocycles. The molecule has 2 aromatic rings. The summed E-state index contributed by atoms with van der Waals surface area (Å²) in [5.41, 5.74) is 1.49. The summed E-state index contributed by atoms with van der Waals surface area (Å²) in [6.45, 7) is 0. The summed E-state index contributed by atoms with van der Waals surface area (Å²) in [4.78, 5) is 7.62. The minimum Gasteiger partial charge on any atom is -0.255 e. The molecular formula is C10H6ClFN2. The van der Waals surface area contributed by atoms with Crippen molar-refractivity contribution in [1.29, 1.82) is 0 Å². The molecule has 0 unspecified atom stereocenters. The first kappa shape index (κ1) is 9.09. The van der Waals surface area contributed by atoms with E-state index in [9.17, 15) is 4.39 Å². The lowest BCUT2D eigenvalue weighted by Crippen LogP contribution is -1.85. The lowest BCUT2D eigenvalue weighted by Gasteiger charge is -1.99. The molecule has 2 nitrogen and oxygen atoms in total. The largest absolute Gasteiger partial charge is 0.255 e. The second-order valence-corrected chi connectivity index (χ2v) is 3.17. The summed E-state index contributed by atoms with van der Waals surface area (Å²) in [7, 11) is 0. The highest BCUT2D eigenvalue weighted by atomic mass is 35.5. The van der Waals surface area contributed by atoms with E-state index in [4.69, 9.17) is 11.6 Å². The zero-order valence-corrected chi connectivity index (χ0v) is 7.87. The molecule has 70 valence electrons. The summed E-state index contributed by atoms with van der Waals surface area (Å²) in [5, 5.41) is 0.573. The van der Waals surface area contributed by atoms with Crippen molar-refractivity contribution in [2.75, 3.05) is 0 Å². The second kappa shape index (κ2) is 3.72. The maximum atomic E-state index is 12.5. The summed E-state index contributed by atoms with van der Waals surface area (Å²) >= 11 is 5.69. The third kappa shape index (κ3) is 1.88. The molecule has 0 aliphatic rings. The van der Waals surface area contributed by atoms with Crippen molar-refractivity contribution in [2.24, 2.45) is 0 Å². The van der Waals surface area contributed by atoms with Gasteiger partial charge in [0.1, 0.15) is 0 Å². The Morgan fingerprint density at radius 1 is 1.00 bits per heavy atom. The molecule has 14 heavy (non-hydrogen) atoms. The number of rotatable bonds is 1. The standard InChI is InChI=1S/C10H6ClFN2/c11-8-2-3-9(13-6-8)7-1-4-10(12)14-5-7/h1-6H. The van der Waals surface area contributed by atoms with Crippen LogP contribution in [0.2, 0.25) is 5.02 Å². The van der Waals surface area contributed by atoms with Crippen LogP contribution in [0, 0.1) is 5.95 Å². The zero-order chi connectivity index (χ0) is 9.97. The van der Waals surface area contributed by atoms with E-state index in [0.29, 0.717) is 5.02 Å². The van der Waals surface area contributed by atoms with Crippen LogP contribution in [0.15, 0.2) is 36.7 Å². The number of halogens is 2. The van der Waals surface area contributed by atoms with E-state index in [2.05, 4.69) is 9.97 Å². The molecule has 0 amide bonds. The molecule has 0 aliphatic heterocycles. The van der Waals surface area contributed by atoms with Gasteiger partial charge in [-0.1, -0.05) is 11.6 Å². The molecule has 0 N–H and O–H groups in total. The van der Waals surface area contributed by atoms with Crippen molar-refractivity contribution in [3.63, 3.8) is 0 Å². The Kier molecular flexibility index (Phi) is 2.41. The van der Waals surface area contributed by atoms with E-state index in [-0.39, 0.29) is 0 Å². The molecule has 4 heteroatoms. The van der Waals surface area contributed by atoms with Gasteiger partial charge in [0, 0.05) is 18.0 Å². The van der Waals surface area contributed by atoms with Crippen molar-refractivity contribution in [3.05, 3.63) is 47.6 Å². The van der Waals surface area contributed by atoms with Gasteiger partial charge in [0.15, 0.2) is 0 Å². The van der Waals surface area contributed by atoms with E-state index in [0.717, 1.165) is 11.3 Å². The monoisotopic (exact) mass is 208 g/mol. The molecule has 2 aromatic heterocycles. The average Bonchev–Trinajstić information content (AvgIpc) is 2.21. The van der Waals surface area contributed by atoms with Crippen molar-refractivity contribution in [3.8, 4) is 11.3 Å². The number of hydrogen-bond acceptors (Lipinski definition) is 2. The van der Waals surface area contributed by atoms with Crippen LogP contribution < -0.4 is 0 Å². The molecule has 0 fully saturated rings. The molecule has 0 aromatic carbocycles. The maximum absolute atomic E-state index is 12.5. The fraction of sp³-hybridized carbons (Fsp3) is 0. The Morgan fingerprint density at radius 3 is 2.43 bits per heavy atom. The second-order valence-electron chi connectivity index (χ2n) is 2.73.